The Labute approximate surface area is 130 Å². The van der Waals surface area contributed by atoms with Crippen molar-refractivity contribution >= 4 is 12.0 Å². The molecule has 0 atom stereocenters. The van der Waals surface area contributed by atoms with Gasteiger partial charge in [-0.3, -0.25) is 9.69 Å². The molecule has 0 N–H and O–H groups in total. The van der Waals surface area contributed by atoms with E-state index in [2.05, 4.69) is 18.7 Å². The molecule has 0 aliphatic carbocycles. The molecular weight excluding hydrogens is 286 g/mol. The highest BCUT2D eigenvalue weighted by molar-refractivity contribution is 5.91. The van der Waals surface area contributed by atoms with E-state index < -0.39 is 11.6 Å². The minimum Gasteiger partial charge on any atom is -0.337 e. The Kier molecular flexibility index (Phi) is 5.66. The summed E-state index contributed by atoms with van der Waals surface area (Å²) in [5.74, 6) is -0.922. The van der Waals surface area contributed by atoms with Gasteiger partial charge in [0.2, 0.25) is 5.91 Å². The molecule has 2 rings (SSSR count). The first-order valence-electron chi connectivity index (χ1n) is 7.60. The van der Waals surface area contributed by atoms with Gasteiger partial charge in [-0.15, -0.1) is 0 Å². The minimum atomic E-state index is -0.661. The fourth-order valence-corrected chi connectivity index (χ4v) is 2.60. The maximum atomic E-state index is 13.5. The van der Waals surface area contributed by atoms with Crippen molar-refractivity contribution < 1.29 is 13.6 Å². The van der Waals surface area contributed by atoms with Crippen molar-refractivity contribution in [2.45, 2.75) is 13.8 Å². The van der Waals surface area contributed by atoms with Gasteiger partial charge in [0.15, 0.2) is 0 Å². The third-order valence-electron chi connectivity index (χ3n) is 3.70. The van der Waals surface area contributed by atoms with Crippen molar-refractivity contribution in [3.63, 3.8) is 0 Å². The van der Waals surface area contributed by atoms with Gasteiger partial charge in [-0.05, 0) is 24.1 Å². The number of nitrogens with zero attached hydrogens (tertiary/aromatic N) is 2. The summed E-state index contributed by atoms with van der Waals surface area (Å²) in [5, 5.41) is 0. The molecule has 1 aromatic rings. The molecule has 0 bridgehead atoms. The van der Waals surface area contributed by atoms with Crippen LogP contribution in [-0.4, -0.2) is 48.4 Å². The van der Waals surface area contributed by atoms with Crippen molar-refractivity contribution in [3.05, 3.63) is 41.5 Å². The molecule has 1 aliphatic rings. The first kappa shape index (κ1) is 16.6. The summed E-state index contributed by atoms with van der Waals surface area (Å²) in [4.78, 5) is 16.1. The van der Waals surface area contributed by atoms with Crippen LogP contribution in [0.5, 0.6) is 0 Å². The van der Waals surface area contributed by atoms with E-state index in [0.717, 1.165) is 19.6 Å². The third-order valence-corrected chi connectivity index (χ3v) is 3.70. The first-order chi connectivity index (χ1) is 10.5. The summed E-state index contributed by atoms with van der Waals surface area (Å²) in [6.45, 7) is 8.34. The molecule has 1 aromatic carbocycles. The number of carbonyl (C=O) groups excluding carboxylic acids is 1. The monoisotopic (exact) mass is 308 g/mol. The molecule has 0 aromatic heterocycles. The van der Waals surface area contributed by atoms with Gasteiger partial charge in [0.25, 0.3) is 0 Å². The molecule has 0 radical (unpaired) electrons. The summed E-state index contributed by atoms with van der Waals surface area (Å²) in [7, 11) is 0. The van der Waals surface area contributed by atoms with E-state index in [0.29, 0.717) is 19.0 Å². The summed E-state index contributed by atoms with van der Waals surface area (Å²) in [6.07, 6.45) is 2.47. The highest BCUT2D eigenvalue weighted by Crippen LogP contribution is 2.14. The molecular formula is C17H22F2N2O. The number of hydrogen-bond donors (Lipinski definition) is 0. The van der Waals surface area contributed by atoms with Crippen molar-refractivity contribution in [3.8, 4) is 0 Å². The van der Waals surface area contributed by atoms with Crippen LogP contribution in [0.4, 0.5) is 8.78 Å². The van der Waals surface area contributed by atoms with Crippen LogP contribution in [0.25, 0.3) is 6.08 Å². The van der Waals surface area contributed by atoms with Crippen LogP contribution in [0.1, 0.15) is 19.4 Å². The number of benzene rings is 1. The van der Waals surface area contributed by atoms with E-state index in [1.165, 1.54) is 30.4 Å². The van der Waals surface area contributed by atoms with Crippen molar-refractivity contribution in [1.29, 1.82) is 0 Å². The molecule has 1 heterocycles. The van der Waals surface area contributed by atoms with Crippen LogP contribution in [0.3, 0.4) is 0 Å². The Morgan fingerprint density at radius 2 is 1.77 bits per heavy atom. The molecule has 1 amide bonds. The van der Waals surface area contributed by atoms with E-state index in [1.54, 1.807) is 4.90 Å². The Bertz CT molecular complexity index is 529. The third kappa shape index (κ3) is 4.37. The average Bonchev–Trinajstić information content (AvgIpc) is 2.46. The van der Waals surface area contributed by atoms with Crippen LogP contribution in [0.2, 0.25) is 0 Å². The molecule has 1 fully saturated rings. The van der Waals surface area contributed by atoms with E-state index in [4.69, 9.17) is 0 Å². The van der Waals surface area contributed by atoms with Crippen molar-refractivity contribution in [2.24, 2.45) is 5.92 Å². The maximum Gasteiger partial charge on any atom is 0.246 e. The smallest absolute Gasteiger partial charge is 0.246 e. The lowest BCUT2D eigenvalue weighted by Crippen LogP contribution is -2.49. The number of carbonyl (C=O) groups is 1. The molecule has 1 aliphatic heterocycles. The van der Waals surface area contributed by atoms with Crippen molar-refractivity contribution in [1.82, 2.24) is 9.80 Å². The van der Waals surface area contributed by atoms with Gasteiger partial charge >= 0.3 is 0 Å². The Morgan fingerprint density at radius 3 is 2.32 bits per heavy atom. The number of piperazine rings is 1. The molecule has 0 saturated carbocycles. The second kappa shape index (κ2) is 7.49. The van der Waals surface area contributed by atoms with E-state index >= 15 is 0 Å². The van der Waals surface area contributed by atoms with Gasteiger partial charge in [0, 0.05) is 44.4 Å². The summed E-state index contributed by atoms with van der Waals surface area (Å²) in [5.41, 5.74) is -0.172. The van der Waals surface area contributed by atoms with Gasteiger partial charge < -0.3 is 4.90 Å². The van der Waals surface area contributed by atoms with Crippen molar-refractivity contribution in [2.75, 3.05) is 32.7 Å². The average molecular weight is 308 g/mol. The highest BCUT2D eigenvalue weighted by Gasteiger charge is 2.20. The summed E-state index contributed by atoms with van der Waals surface area (Å²) < 4.78 is 27.0. The second-order valence-corrected chi connectivity index (χ2v) is 5.99. The van der Waals surface area contributed by atoms with Crippen LogP contribution in [0, 0.1) is 17.6 Å². The Morgan fingerprint density at radius 1 is 1.18 bits per heavy atom. The molecule has 0 unspecified atom stereocenters. The molecule has 22 heavy (non-hydrogen) atoms. The van der Waals surface area contributed by atoms with E-state index in [-0.39, 0.29) is 11.5 Å². The maximum absolute atomic E-state index is 13.5. The quantitative estimate of drug-likeness (QED) is 0.799. The van der Waals surface area contributed by atoms with E-state index in [1.807, 2.05) is 0 Å². The largest absolute Gasteiger partial charge is 0.337 e. The number of rotatable bonds is 4. The Hall–Kier alpha value is -1.75. The second-order valence-electron chi connectivity index (χ2n) is 5.99. The zero-order valence-electron chi connectivity index (χ0n) is 13.1. The van der Waals surface area contributed by atoms with Gasteiger partial charge in [-0.25, -0.2) is 8.78 Å². The highest BCUT2D eigenvalue weighted by atomic mass is 19.1. The molecule has 3 nitrogen and oxygen atoms in total. The summed E-state index contributed by atoms with van der Waals surface area (Å²) in [6, 6.07) is 3.66. The topological polar surface area (TPSA) is 23.6 Å². The molecule has 0 spiro atoms. The molecule has 120 valence electrons. The Balaban J connectivity index is 1.92. The lowest BCUT2D eigenvalue weighted by atomic mass is 10.1. The van der Waals surface area contributed by atoms with Gasteiger partial charge in [-0.1, -0.05) is 19.9 Å². The lowest BCUT2D eigenvalue weighted by molar-refractivity contribution is -0.127. The molecule has 5 heteroatoms. The van der Waals surface area contributed by atoms with Crippen LogP contribution in [0.15, 0.2) is 24.3 Å². The van der Waals surface area contributed by atoms with Gasteiger partial charge in [0.05, 0.1) is 0 Å². The van der Waals surface area contributed by atoms with E-state index in [9.17, 15) is 13.6 Å². The number of hydrogen-bond acceptors (Lipinski definition) is 2. The number of amides is 1. The SMILES string of the molecule is CC(C)CN1CCN(C(=O)/C=C/c2c(F)cccc2F)CC1. The standard InChI is InChI=1S/C17H22F2N2O/c1-13(2)12-20-8-10-21(11-9-20)17(22)7-6-14-15(18)4-3-5-16(14)19/h3-7,13H,8-12H2,1-2H3/b7-6+. The zero-order chi connectivity index (χ0) is 16.1. The normalized spacial score (nSPS) is 16.7. The molecule has 1 saturated heterocycles. The predicted octanol–water partition coefficient (Wildman–Crippen LogP) is 2.78. The summed E-state index contributed by atoms with van der Waals surface area (Å²) >= 11 is 0. The van der Waals surface area contributed by atoms with Crippen LogP contribution >= 0.6 is 0 Å². The first-order valence-corrected chi connectivity index (χ1v) is 7.60. The fourth-order valence-electron chi connectivity index (χ4n) is 2.60. The van der Waals surface area contributed by atoms with Gasteiger partial charge in [0.1, 0.15) is 11.6 Å². The number of halogens is 2. The predicted molar refractivity (Wildman–Crippen MR) is 83.3 cm³/mol. The zero-order valence-corrected chi connectivity index (χ0v) is 13.1. The fraction of sp³-hybridized carbons (Fsp3) is 0.471. The van der Waals surface area contributed by atoms with Crippen LogP contribution in [-0.2, 0) is 4.79 Å². The van der Waals surface area contributed by atoms with Crippen LogP contribution < -0.4 is 0 Å². The van der Waals surface area contributed by atoms with Gasteiger partial charge in [-0.2, -0.15) is 0 Å². The lowest BCUT2D eigenvalue weighted by Gasteiger charge is -2.35. The minimum absolute atomic E-state index is 0.172.